The summed E-state index contributed by atoms with van der Waals surface area (Å²) < 4.78 is 11.5. The molecule has 0 aliphatic heterocycles. The Kier molecular flexibility index (Phi) is 5.36. The number of carbonyl (C=O) groups excluding carboxylic acids is 1. The van der Waals surface area contributed by atoms with Crippen molar-refractivity contribution in [1.82, 2.24) is 0 Å². The van der Waals surface area contributed by atoms with Crippen molar-refractivity contribution in [1.29, 1.82) is 0 Å². The van der Waals surface area contributed by atoms with Crippen LogP contribution in [-0.4, -0.2) is 17.7 Å². The molecule has 21 heavy (non-hydrogen) atoms. The van der Waals surface area contributed by atoms with E-state index in [9.17, 15) is 9.90 Å². The molecule has 1 atom stereocenters. The molecule has 0 heterocycles. The minimum absolute atomic E-state index is 0.0694. The summed E-state index contributed by atoms with van der Waals surface area (Å²) in [6.07, 6.45) is -0.761. The molecule has 110 valence electrons. The number of ether oxygens (including phenoxy) is 2. The summed E-state index contributed by atoms with van der Waals surface area (Å²) in [5.74, 6) is 0.344. The van der Waals surface area contributed by atoms with E-state index >= 15 is 0 Å². The van der Waals surface area contributed by atoms with Crippen LogP contribution in [0.15, 0.2) is 53.0 Å². The number of rotatable bonds is 5. The third-order valence-electron chi connectivity index (χ3n) is 2.75. The lowest BCUT2D eigenvalue weighted by molar-refractivity contribution is -0.132. The first-order valence-corrected chi connectivity index (χ1v) is 7.19. The molecular formula is C16H15BrO4. The molecule has 0 spiro atoms. The molecule has 5 heteroatoms. The highest BCUT2D eigenvalue weighted by Gasteiger charge is 2.11. The summed E-state index contributed by atoms with van der Waals surface area (Å²) in [6.45, 7) is 1.40. The third kappa shape index (κ3) is 4.58. The number of hydrogen-bond acceptors (Lipinski definition) is 4. The molecular weight excluding hydrogens is 336 g/mol. The van der Waals surface area contributed by atoms with Crippen molar-refractivity contribution in [3.8, 4) is 11.5 Å². The van der Waals surface area contributed by atoms with Gasteiger partial charge in [0.15, 0.2) is 11.5 Å². The SMILES string of the molecule is CC(=O)Oc1ccccc1OCC(O)c1ccc(Br)cc1. The number of aliphatic hydroxyl groups is 1. The number of para-hydroxylation sites is 2. The van der Waals surface area contributed by atoms with Gasteiger partial charge in [0.05, 0.1) is 0 Å². The molecule has 0 saturated heterocycles. The van der Waals surface area contributed by atoms with Crippen LogP contribution >= 0.6 is 15.9 Å². The second-order valence-corrected chi connectivity index (χ2v) is 5.33. The van der Waals surface area contributed by atoms with E-state index in [1.807, 2.05) is 24.3 Å². The Morgan fingerprint density at radius 1 is 1.14 bits per heavy atom. The molecule has 1 N–H and O–H groups in total. The molecule has 0 aliphatic carbocycles. The standard InChI is InChI=1S/C16H15BrO4/c1-11(18)21-16-5-3-2-4-15(16)20-10-14(19)12-6-8-13(17)9-7-12/h2-9,14,19H,10H2,1H3. The molecule has 0 aliphatic rings. The van der Waals surface area contributed by atoms with Crippen molar-refractivity contribution in [2.24, 2.45) is 0 Å². The number of carbonyl (C=O) groups is 1. The number of hydrogen-bond donors (Lipinski definition) is 1. The van der Waals surface area contributed by atoms with Gasteiger partial charge in [-0.15, -0.1) is 0 Å². The number of halogens is 1. The van der Waals surface area contributed by atoms with Crippen molar-refractivity contribution in [3.63, 3.8) is 0 Å². The van der Waals surface area contributed by atoms with Crippen molar-refractivity contribution in [2.75, 3.05) is 6.61 Å². The first kappa shape index (κ1) is 15.5. The number of aliphatic hydroxyl groups excluding tert-OH is 1. The second kappa shape index (κ2) is 7.24. The molecule has 0 amide bonds. The fraction of sp³-hybridized carbons (Fsp3) is 0.188. The van der Waals surface area contributed by atoms with Crippen molar-refractivity contribution in [2.45, 2.75) is 13.0 Å². The highest BCUT2D eigenvalue weighted by Crippen LogP contribution is 2.28. The molecule has 1 unspecified atom stereocenters. The topological polar surface area (TPSA) is 55.8 Å². The minimum atomic E-state index is -0.761. The van der Waals surface area contributed by atoms with Gasteiger partial charge in [-0.05, 0) is 29.8 Å². The number of benzene rings is 2. The van der Waals surface area contributed by atoms with E-state index in [1.54, 1.807) is 24.3 Å². The van der Waals surface area contributed by atoms with Crippen molar-refractivity contribution >= 4 is 21.9 Å². The maximum absolute atomic E-state index is 11.0. The Morgan fingerprint density at radius 2 is 1.76 bits per heavy atom. The maximum atomic E-state index is 11.0. The Morgan fingerprint density at radius 3 is 2.38 bits per heavy atom. The lowest BCUT2D eigenvalue weighted by Gasteiger charge is -2.14. The average molecular weight is 351 g/mol. The van der Waals surface area contributed by atoms with Gasteiger partial charge < -0.3 is 14.6 Å². The van der Waals surface area contributed by atoms with Gasteiger partial charge in [-0.3, -0.25) is 4.79 Å². The van der Waals surface area contributed by atoms with Gasteiger partial charge in [0.1, 0.15) is 12.7 Å². The van der Waals surface area contributed by atoms with Gasteiger partial charge in [-0.25, -0.2) is 0 Å². The van der Waals surface area contributed by atoms with E-state index in [0.717, 1.165) is 10.0 Å². The molecule has 0 bridgehead atoms. The molecule has 0 fully saturated rings. The normalized spacial score (nSPS) is 11.8. The quantitative estimate of drug-likeness (QED) is 0.662. The fourth-order valence-electron chi connectivity index (χ4n) is 1.76. The largest absolute Gasteiger partial charge is 0.487 e. The molecule has 2 aromatic rings. The molecule has 4 nitrogen and oxygen atoms in total. The number of esters is 1. The van der Waals surface area contributed by atoms with Crippen LogP contribution in [0.25, 0.3) is 0 Å². The maximum Gasteiger partial charge on any atom is 0.308 e. The summed E-state index contributed by atoms with van der Waals surface area (Å²) in [5.41, 5.74) is 0.753. The fourth-order valence-corrected chi connectivity index (χ4v) is 2.02. The van der Waals surface area contributed by atoms with Gasteiger partial charge in [-0.2, -0.15) is 0 Å². The summed E-state index contributed by atoms with van der Waals surface area (Å²) in [6, 6.07) is 14.2. The van der Waals surface area contributed by atoms with Crippen LogP contribution in [0.2, 0.25) is 0 Å². The van der Waals surface area contributed by atoms with Crippen LogP contribution in [0.4, 0.5) is 0 Å². The Labute approximate surface area is 131 Å². The summed E-state index contributed by atoms with van der Waals surface area (Å²) in [5, 5.41) is 10.1. The minimum Gasteiger partial charge on any atom is -0.487 e. The van der Waals surface area contributed by atoms with E-state index < -0.39 is 12.1 Å². The van der Waals surface area contributed by atoms with Gasteiger partial charge in [0.2, 0.25) is 0 Å². The summed E-state index contributed by atoms with van der Waals surface area (Å²) in [7, 11) is 0. The molecule has 0 radical (unpaired) electrons. The van der Waals surface area contributed by atoms with Crippen molar-refractivity contribution in [3.05, 3.63) is 58.6 Å². The van der Waals surface area contributed by atoms with Gasteiger partial charge >= 0.3 is 5.97 Å². The van der Waals surface area contributed by atoms with Crippen LogP contribution in [0, 0.1) is 0 Å². The highest BCUT2D eigenvalue weighted by atomic mass is 79.9. The van der Waals surface area contributed by atoms with Crippen molar-refractivity contribution < 1.29 is 19.4 Å². The summed E-state index contributed by atoms with van der Waals surface area (Å²) >= 11 is 3.34. The van der Waals surface area contributed by atoms with Crippen LogP contribution in [0.3, 0.4) is 0 Å². The van der Waals surface area contributed by atoms with E-state index in [2.05, 4.69) is 15.9 Å². The second-order valence-electron chi connectivity index (χ2n) is 4.42. The zero-order chi connectivity index (χ0) is 15.2. The van der Waals surface area contributed by atoms with Gasteiger partial charge in [0.25, 0.3) is 0 Å². The van der Waals surface area contributed by atoms with E-state index in [1.165, 1.54) is 6.92 Å². The molecule has 2 rings (SSSR count). The smallest absolute Gasteiger partial charge is 0.308 e. The van der Waals surface area contributed by atoms with Crippen LogP contribution in [0.5, 0.6) is 11.5 Å². The van der Waals surface area contributed by atoms with E-state index in [0.29, 0.717) is 11.5 Å². The van der Waals surface area contributed by atoms with Crippen LogP contribution in [0.1, 0.15) is 18.6 Å². The van der Waals surface area contributed by atoms with E-state index in [4.69, 9.17) is 9.47 Å². The lowest BCUT2D eigenvalue weighted by Crippen LogP contribution is -2.11. The van der Waals surface area contributed by atoms with E-state index in [-0.39, 0.29) is 6.61 Å². The monoisotopic (exact) mass is 350 g/mol. The predicted molar refractivity (Wildman–Crippen MR) is 82.3 cm³/mol. The van der Waals surface area contributed by atoms with Gasteiger partial charge in [0, 0.05) is 11.4 Å². The third-order valence-corrected chi connectivity index (χ3v) is 3.28. The lowest BCUT2D eigenvalue weighted by atomic mass is 10.1. The molecule has 0 aromatic heterocycles. The predicted octanol–water partition coefficient (Wildman–Crippen LogP) is 3.49. The Bertz CT molecular complexity index is 610. The first-order valence-electron chi connectivity index (χ1n) is 6.40. The average Bonchev–Trinajstić information content (AvgIpc) is 2.46. The zero-order valence-electron chi connectivity index (χ0n) is 11.5. The Balaban J connectivity index is 2.02. The van der Waals surface area contributed by atoms with Crippen LogP contribution in [-0.2, 0) is 4.79 Å². The highest BCUT2D eigenvalue weighted by molar-refractivity contribution is 9.10. The zero-order valence-corrected chi connectivity index (χ0v) is 13.0. The summed E-state index contributed by atoms with van der Waals surface area (Å²) in [4.78, 5) is 11.0. The Hall–Kier alpha value is -1.85. The van der Waals surface area contributed by atoms with Crippen LogP contribution < -0.4 is 9.47 Å². The molecule has 2 aromatic carbocycles. The first-order chi connectivity index (χ1) is 10.1. The van der Waals surface area contributed by atoms with Gasteiger partial charge in [-0.1, -0.05) is 40.2 Å². The molecule has 0 saturated carbocycles.